The normalized spacial score (nSPS) is 22.7. The summed E-state index contributed by atoms with van der Waals surface area (Å²) in [6, 6.07) is 3.38. The van der Waals surface area contributed by atoms with E-state index < -0.39 is 0 Å². The summed E-state index contributed by atoms with van der Waals surface area (Å²) >= 11 is 6.78. The van der Waals surface area contributed by atoms with Crippen LogP contribution in [0.5, 0.6) is 0 Å². The molecular weight excluding hydrogens is 608 g/mol. The van der Waals surface area contributed by atoms with Crippen molar-refractivity contribution in [2.24, 2.45) is 29.6 Å². The minimum atomic E-state index is -0.219. The molecule has 4 unspecified atom stereocenters. The van der Waals surface area contributed by atoms with Crippen LogP contribution in [0.15, 0.2) is 38.5 Å². The summed E-state index contributed by atoms with van der Waals surface area (Å²) in [4.78, 5) is 41.0. The molecule has 14 heteroatoms. The Bertz CT molecular complexity index is 1360. The Hall–Kier alpha value is -3.26. The molecule has 0 spiro atoms. The van der Waals surface area contributed by atoms with Crippen LogP contribution < -0.4 is 27.4 Å². The minimum Gasteiger partial charge on any atom is -0.370 e. The average molecular weight is 636 g/mol. The van der Waals surface area contributed by atoms with Crippen molar-refractivity contribution in [3.63, 3.8) is 0 Å². The van der Waals surface area contributed by atoms with Crippen LogP contribution in [0.1, 0.15) is 38.3 Å². The third-order valence-corrected chi connectivity index (χ3v) is 7.91. The van der Waals surface area contributed by atoms with Gasteiger partial charge in [-0.05, 0) is 62.2 Å². The van der Waals surface area contributed by atoms with Crippen molar-refractivity contribution < 1.29 is 9.59 Å². The van der Waals surface area contributed by atoms with E-state index >= 15 is 0 Å². The second-order valence-electron chi connectivity index (χ2n) is 9.42. The Labute approximate surface area is 229 Å². The standard InChI is InChI=1S/C23H28Br2N10O2/c1-35-9-12(25)4-17(35)21(37)29-5-10-2-14-19(34-23(27)32-14)18(16-8-31-22(26)33-16)13(10)7-30-20(36)15-3-11(24)6-28-15/h3-4,6,9-10,13,16,18,28H,2,5,7-8H2,1H3,(H,29,37)(H,30,36)(H3,26,31,33)(H3,27,32,34). The number of nitrogens with two attached hydrogens (primary N) is 2. The highest BCUT2D eigenvalue weighted by atomic mass is 79.9. The second-order valence-corrected chi connectivity index (χ2v) is 11.3. The molecule has 4 atom stereocenters. The number of nitrogens with one attached hydrogen (secondary N) is 5. The van der Waals surface area contributed by atoms with E-state index in [1.807, 2.05) is 13.2 Å². The highest BCUT2D eigenvalue weighted by Crippen LogP contribution is 2.41. The van der Waals surface area contributed by atoms with Crippen molar-refractivity contribution in [3.8, 4) is 0 Å². The van der Waals surface area contributed by atoms with Gasteiger partial charge in [-0.2, -0.15) is 0 Å². The Morgan fingerprint density at radius 1 is 1.16 bits per heavy atom. The van der Waals surface area contributed by atoms with Crippen LogP contribution in [0, 0.1) is 11.8 Å². The average Bonchev–Trinajstić information content (AvgIpc) is 3.62. The predicted molar refractivity (Wildman–Crippen MR) is 146 cm³/mol. The number of hydrogen-bond acceptors (Lipinski definition) is 7. The highest BCUT2D eigenvalue weighted by molar-refractivity contribution is 9.10. The molecule has 0 saturated carbocycles. The van der Waals surface area contributed by atoms with Crippen LogP contribution in [0.25, 0.3) is 0 Å². The number of H-pyrrole nitrogens is 2. The molecule has 1 aliphatic heterocycles. The number of guanidine groups is 1. The summed E-state index contributed by atoms with van der Waals surface area (Å²) in [7, 11) is 1.82. The lowest BCUT2D eigenvalue weighted by molar-refractivity contribution is 0.0896. The van der Waals surface area contributed by atoms with Gasteiger partial charge in [0.2, 0.25) is 0 Å². The first kappa shape index (κ1) is 25.4. The van der Waals surface area contributed by atoms with Crippen molar-refractivity contribution >= 4 is 55.6 Å². The van der Waals surface area contributed by atoms with Gasteiger partial charge in [-0.1, -0.05) is 0 Å². The molecular formula is C23H28Br2N10O2. The van der Waals surface area contributed by atoms with Gasteiger partial charge in [-0.15, -0.1) is 0 Å². The van der Waals surface area contributed by atoms with E-state index in [0.29, 0.717) is 49.4 Å². The fourth-order valence-electron chi connectivity index (χ4n) is 5.34. The van der Waals surface area contributed by atoms with Gasteiger partial charge in [-0.25, -0.2) is 4.98 Å². The summed E-state index contributed by atoms with van der Waals surface area (Å²) < 4.78 is 3.39. The zero-order valence-electron chi connectivity index (χ0n) is 20.0. The number of aliphatic imine (C=N–C) groups is 1. The molecule has 0 bridgehead atoms. The van der Waals surface area contributed by atoms with Crippen molar-refractivity contribution in [2.45, 2.75) is 18.4 Å². The first-order valence-electron chi connectivity index (χ1n) is 11.8. The smallest absolute Gasteiger partial charge is 0.267 e. The van der Waals surface area contributed by atoms with Crippen molar-refractivity contribution in [3.05, 3.63) is 56.2 Å². The van der Waals surface area contributed by atoms with E-state index in [4.69, 9.17) is 11.5 Å². The topological polar surface area (TPSA) is 184 Å². The van der Waals surface area contributed by atoms with Gasteiger partial charge in [0.15, 0.2) is 11.9 Å². The van der Waals surface area contributed by atoms with Gasteiger partial charge in [0, 0.05) is 53.1 Å². The number of aromatic amines is 2. The molecule has 0 fully saturated rings. The molecule has 9 N–H and O–H groups in total. The van der Waals surface area contributed by atoms with Gasteiger partial charge in [-0.3, -0.25) is 14.6 Å². The molecule has 4 heterocycles. The number of carbonyl (C=O) groups is 2. The number of aryl methyl sites for hydroxylation is 1. The number of fused-ring (bicyclic) bond motifs is 1. The Morgan fingerprint density at radius 2 is 1.95 bits per heavy atom. The molecule has 0 radical (unpaired) electrons. The highest BCUT2D eigenvalue weighted by Gasteiger charge is 2.44. The number of imidazole rings is 1. The van der Waals surface area contributed by atoms with Gasteiger partial charge >= 0.3 is 0 Å². The van der Waals surface area contributed by atoms with Gasteiger partial charge < -0.3 is 42.0 Å². The Morgan fingerprint density at radius 3 is 2.59 bits per heavy atom. The molecule has 196 valence electrons. The second kappa shape index (κ2) is 10.2. The maximum absolute atomic E-state index is 13.0. The maximum Gasteiger partial charge on any atom is 0.267 e. The van der Waals surface area contributed by atoms with Crippen LogP contribution >= 0.6 is 31.9 Å². The Kier molecular flexibility index (Phi) is 7.03. The van der Waals surface area contributed by atoms with Crippen LogP contribution in [0.4, 0.5) is 5.95 Å². The quantitative estimate of drug-likeness (QED) is 0.205. The van der Waals surface area contributed by atoms with Crippen LogP contribution in [0.2, 0.25) is 0 Å². The fourth-order valence-corrected chi connectivity index (χ4v) is 6.21. The van der Waals surface area contributed by atoms with Gasteiger partial charge in [0.1, 0.15) is 11.4 Å². The number of nitrogen functional groups attached to an aromatic ring is 1. The molecule has 2 aliphatic rings. The number of hydrogen-bond donors (Lipinski definition) is 7. The molecule has 1 aliphatic carbocycles. The van der Waals surface area contributed by atoms with E-state index in [0.717, 1.165) is 20.3 Å². The van der Waals surface area contributed by atoms with Crippen molar-refractivity contribution in [1.29, 1.82) is 0 Å². The SMILES string of the molecule is Cn1cc(Br)cc1C(=O)NCC1Cc2[nH]c(N)nc2C(C2CN=C(N)N2)C1CNC(=O)c1cc(Br)c[nH]1. The summed E-state index contributed by atoms with van der Waals surface area (Å²) in [6.45, 7) is 1.24. The van der Waals surface area contributed by atoms with E-state index in [1.165, 1.54) is 0 Å². The van der Waals surface area contributed by atoms with E-state index in [2.05, 4.69) is 67.8 Å². The van der Waals surface area contributed by atoms with Crippen LogP contribution in [-0.2, 0) is 13.5 Å². The fraction of sp³-hybridized carbons (Fsp3) is 0.391. The number of halogens is 2. The van der Waals surface area contributed by atoms with E-state index in [9.17, 15) is 9.59 Å². The number of anilines is 1. The lowest BCUT2D eigenvalue weighted by atomic mass is 9.69. The van der Waals surface area contributed by atoms with E-state index in [1.54, 1.807) is 22.9 Å². The Balaban J connectivity index is 1.41. The minimum absolute atomic E-state index is 0.0238. The summed E-state index contributed by atoms with van der Waals surface area (Å²) in [5.41, 5.74) is 14.8. The third-order valence-electron chi connectivity index (χ3n) is 7.02. The maximum atomic E-state index is 13.0. The summed E-state index contributed by atoms with van der Waals surface area (Å²) in [6.07, 6.45) is 4.16. The van der Waals surface area contributed by atoms with Crippen LogP contribution in [0.3, 0.4) is 0 Å². The van der Waals surface area contributed by atoms with E-state index in [-0.39, 0.29) is 35.6 Å². The molecule has 5 rings (SSSR count). The zero-order valence-corrected chi connectivity index (χ0v) is 23.2. The first-order valence-corrected chi connectivity index (χ1v) is 13.4. The first-order chi connectivity index (χ1) is 17.7. The molecule has 12 nitrogen and oxygen atoms in total. The number of aromatic nitrogens is 4. The largest absolute Gasteiger partial charge is 0.370 e. The van der Waals surface area contributed by atoms with Gasteiger partial charge in [0.25, 0.3) is 11.8 Å². The summed E-state index contributed by atoms with van der Waals surface area (Å²) in [5.74, 6) is 0.0523. The predicted octanol–water partition coefficient (Wildman–Crippen LogP) is 1.20. The molecule has 0 aromatic carbocycles. The lowest BCUT2D eigenvalue weighted by Gasteiger charge is -2.40. The van der Waals surface area contributed by atoms with Crippen LogP contribution in [-0.4, -0.2) is 63.0 Å². The monoisotopic (exact) mass is 634 g/mol. The molecule has 0 saturated heterocycles. The number of rotatable bonds is 7. The van der Waals surface area contributed by atoms with Crippen molar-refractivity contribution in [1.82, 2.24) is 35.5 Å². The lowest BCUT2D eigenvalue weighted by Crippen LogP contribution is -2.50. The molecule has 2 amide bonds. The summed E-state index contributed by atoms with van der Waals surface area (Å²) in [5, 5.41) is 9.41. The zero-order chi connectivity index (χ0) is 26.3. The number of carbonyl (C=O) groups excluding carboxylic acids is 2. The molecule has 37 heavy (non-hydrogen) atoms. The van der Waals surface area contributed by atoms with Gasteiger partial charge in [0.05, 0.1) is 18.3 Å². The third kappa shape index (κ3) is 5.25. The number of nitrogens with zero attached hydrogens (tertiary/aromatic N) is 3. The number of amides is 2. The molecule has 3 aromatic rings. The van der Waals surface area contributed by atoms with Crippen molar-refractivity contribution in [2.75, 3.05) is 25.4 Å². The molecule has 3 aromatic heterocycles.